The Morgan fingerprint density at radius 1 is 1.15 bits per heavy atom. The first kappa shape index (κ1) is 22.4. The zero-order chi connectivity index (χ0) is 23.7. The first-order valence-electron chi connectivity index (χ1n) is 12.2. The lowest BCUT2D eigenvalue weighted by Crippen LogP contribution is -2.35. The molecule has 0 saturated heterocycles. The average Bonchev–Trinajstić information content (AvgIpc) is 3.26. The van der Waals surface area contributed by atoms with Crippen molar-refractivity contribution >= 4 is 23.1 Å². The first-order valence-corrected chi connectivity index (χ1v) is 12.2. The summed E-state index contributed by atoms with van der Waals surface area (Å²) in [5.41, 5.74) is 5.79. The number of methoxy groups -OCH3 is 1. The van der Waals surface area contributed by atoms with E-state index in [4.69, 9.17) is 9.72 Å². The lowest BCUT2D eigenvalue weighted by atomic mass is 9.88. The molecule has 0 bridgehead atoms. The summed E-state index contributed by atoms with van der Waals surface area (Å²) in [6.45, 7) is 1.91. The van der Waals surface area contributed by atoms with E-state index in [-0.39, 0.29) is 6.09 Å². The minimum atomic E-state index is -0.903. The number of carboxylic acids is 1. The van der Waals surface area contributed by atoms with E-state index >= 15 is 0 Å². The Morgan fingerprint density at radius 2 is 1.97 bits per heavy atom. The molecule has 0 spiro atoms. The molecule has 7 heteroatoms. The molecule has 1 saturated carbocycles. The Balaban J connectivity index is 1.53. The number of fused-ring (bicyclic) bond motifs is 3. The largest absolute Gasteiger partial charge is 0.478 e. The van der Waals surface area contributed by atoms with E-state index < -0.39 is 5.97 Å². The Labute approximate surface area is 199 Å². The predicted molar refractivity (Wildman–Crippen MR) is 129 cm³/mol. The maximum absolute atomic E-state index is 12.2. The van der Waals surface area contributed by atoms with E-state index in [1.807, 2.05) is 12.1 Å². The molecule has 0 radical (unpaired) electrons. The quantitative estimate of drug-likeness (QED) is 0.568. The molecule has 1 N–H and O–H groups in total. The standard InChI is InChI=1S/C27H31N3O4/c1-34-27(33)29-14-13-19-10-11-23-24(22(19)17-29)28-25(20-7-3-2-4-8-20)30(23)15-12-18-6-5-9-21(16-18)26(31)32/h5-6,9-11,16,20H,2-4,7-8,12-15,17H2,1H3,(H,31,32). The number of aromatic nitrogens is 2. The molecule has 1 amide bonds. The molecule has 1 aliphatic heterocycles. The fourth-order valence-electron chi connectivity index (χ4n) is 5.54. The zero-order valence-electron chi connectivity index (χ0n) is 19.6. The summed E-state index contributed by atoms with van der Waals surface area (Å²) in [7, 11) is 1.42. The van der Waals surface area contributed by atoms with Crippen LogP contribution in [0.3, 0.4) is 0 Å². The number of benzene rings is 2. The van der Waals surface area contributed by atoms with Crippen LogP contribution in [0.15, 0.2) is 36.4 Å². The fraction of sp³-hybridized carbons (Fsp3) is 0.444. The Morgan fingerprint density at radius 3 is 2.74 bits per heavy atom. The number of rotatable bonds is 5. The van der Waals surface area contributed by atoms with Gasteiger partial charge in [0.25, 0.3) is 0 Å². The van der Waals surface area contributed by atoms with E-state index in [1.54, 1.807) is 17.0 Å². The van der Waals surface area contributed by atoms with Crippen LogP contribution >= 0.6 is 0 Å². The van der Waals surface area contributed by atoms with Crippen LogP contribution in [0.25, 0.3) is 11.0 Å². The van der Waals surface area contributed by atoms with Gasteiger partial charge in [-0.05, 0) is 55.0 Å². The van der Waals surface area contributed by atoms with Crippen LogP contribution in [0.5, 0.6) is 0 Å². The van der Waals surface area contributed by atoms with Gasteiger partial charge in [0.15, 0.2) is 0 Å². The molecule has 7 nitrogen and oxygen atoms in total. The van der Waals surface area contributed by atoms with Crippen LogP contribution < -0.4 is 0 Å². The predicted octanol–water partition coefficient (Wildman–Crippen LogP) is 5.15. The molecule has 178 valence electrons. The highest BCUT2D eigenvalue weighted by Gasteiger charge is 2.28. The molecule has 0 atom stereocenters. The SMILES string of the molecule is COC(=O)N1CCc2ccc3c(nc(C4CCCCC4)n3CCc3cccc(C(=O)O)c3)c2C1. The van der Waals surface area contributed by atoms with Gasteiger partial charge in [-0.15, -0.1) is 0 Å². The number of nitrogens with zero attached hydrogens (tertiary/aromatic N) is 3. The maximum atomic E-state index is 12.2. The van der Waals surface area contributed by atoms with Gasteiger partial charge in [-0.25, -0.2) is 14.6 Å². The van der Waals surface area contributed by atoms with Crippen LogP contribution in [-0.4, -0.2) is 45.3 Å². The van der Waals surface area contributed by atoms with Crippen molar-refractivity contribution in [3.05, 3.63) is 64.5 Å². The fourth-order valence-corrected chi connectivity index (χ4v) is 5.54. The topological polar surface area (TPSA) is 84.7 Å². The van der Waals surface area contributed by atoms with Crippen molar-refractivity contribution in [1.29, 1.82) is 0 Å². The minimum Gasteiger partial charge on any atom is -0.478 e. The third-order valence-corrected chi connectivity index (χ3v) is 7.35. The van der Waals surface area contributed by atoms with Crippen molar-refractivity contribution in [1.82, 2.24) is 14.5 Å². The lowest BCUT2D eigenvalue weighted by Gasteiger charge is -2.27. The van der Waals surface area contributed by atoms with E-state index in [2.05, 4.69) is 16.7 Å². The van der Waals surface area contributed by atoms with Gasteiger partial charge in [-0.2, -0.15) is 0 Å². The summed E-state index contributed by atoms with van der Waals surface area (Å²) in [6, 6.07) is 11.5. The average molecular weight is 462 g/mol. The van der Waals surface area contributed by atoms with Crippen LogP contribution in [0.1, 0.15) is 70.9 Å². The highest BCUT2D eigenvalue weighted by Crippen LogP contribution is 2.36. The number of aromatic carboxylic acids is 1. The molecular formula is C27H31N3O4. The van der Waals surface area contributed by atoms with Crippen molar-refractivity contribution in [3.63, 3.8) is 0 Å². The molecule has 2 aliphatic rings. The summed E-state index contributed by atoms with van der Waals surface area (Å²) in [6.07, 6.45) is 7.26. The maximum Gasteiger partial charge on any atom is 0.409 e. The van der Waals surface area contributed by atoms with Crippen LogP contribution in [0, 0.1) is 0 Å². The van der Waals surface area contributed by atoms with Crippen LogP contribution in [0.4, 0.5) is 4.79 Å². The summed E-state index contributed by atoms with van der Waals surface area (Å²) < 4.78 is 7.32. The summed E-state index contributed by atoms with van der Waals surface area (Å²) in [5, 5.41) is 9.36. The van der Waals surface area contributed by atoms with E-state index in [1.165, 1.54) is 31.9 Å². The Hall–Kier alpha value is -3.35. The number of aryl methyl sites for hydroxylation is 2. The molecule has 34 heavy (non-hydrogen) atoms. The highest BCUT2D eigenvalue weighted by molar-refractivity contribution is 5.87. The number of carbonyl (C=O) groups is 2. The Bertz CT molecular complexity index is 1230. The van der Waals surface area contributed by atoms with E-state index in [0.29, 0.717) is 24.6 Å². The van der Waals surface area contributed by atoms with Crippen LogP contribution in [0.2, 0.25) is 0 Å². The molecule has 5 rings (SSSR count). The molecular weight excluding hydrogens is 430 g/mol. The third-order valence-electron chi connectivity index (χ3n) is 7.35. The molecule has 3 aromatic rings. The first-order chi connectivity index (χ1) is 16.5. The van der Waals surface area contributed by atoms with E-state index in [0.717, 1.165) is 60.2 Å². The second kappa shape index (κ2) is 9.49. The van der Waals surface area contributed by atoms with Crippen LogP contribution in [-0.2, 0) is 30.7 Å². The highest BCUT2D eigenvalue weighted by atomic mass is 16.5. The van der Waals surface area contributed by atoms with Gasteiger partial charge in [0.2, 0.25) is 0 Å². The molecule has 1 aliphatic carbocycles. The number of carbonyl (C=O) groups excluding carboxylic acids is 1. The molecule has 2 aromatic carbocycles. The van der Waals surface area contributed by atoms with Gasteiger partial charge in [-0.1, -0.05) is 37.5 Å². The minimum absolute atomic E-state index is 0.298. The van der Waals surface area contributed by atoms with Gasteiger partial charge >= 0.3 is 12.1 Å². The number of imidazole rings is 1. The van der Waals surface area contributed by atoms with Crippen molar-refractivity contribution in [3.8, 4) is 0 Å². The second-order valence-electron chi connectivity index (χ2n) is 9.42. The Kier molecular flexibility index (Phi) is 6.26. The molecule has 1 fully saturated rings. The molecule has 2 heterocycles. The van der Waals surface area contributed by atoms with Gasteiger partial charge in [-0.3, -0.25) is 0 Å². The van der Waals surface area contributed by atoms with Crippen molar-refractivity contribution in [2.75, 3.05) is 13.7 Å². The molecule has 1 aromatic heterocycles. The summed E-state index contributed by atoms with van der Waals surface area (Å²) in [4.78, 5) is 30.6. The second-order valence-corrected chi connectivity index (χ2v) is 9.42. The van der Waals surface area contributed by atoms with Crippen molar-refractivity contribution < 1.29 is 19.4 Å². The van der Waals surface area contributed by atoms with Gasteiger partial charge in [0.1, 0.15) is 5.82 Å². The summed E-state index contributed by atoms with van der Waals surface area (Å²) >= 11 is 0. The van der Waals surface area contributed by atoms with Crippen molar-refractivity contribution in [2.45, 2.75) is 64.0 Å². The lowest BCUT2D eigenvalue weighted by molar-refractivity contribution is 0.0696. The van der Waals surface area contributed by atoms with Gasteiger partial charge < -0.3 is 19.3 Å². The molecule has 0 unspecified atom stereocenters. The number of ether oxygens (including phenoxy) is 1. The number of hydrogen-bond acceptors (Lipinski definition) is 4. The summed E-state index contributed by atoms with van der Waals surface area (Å²) in [5.74, 6) is 0.662. The van der Waals surface area contributed by atoms with Gasteiger partial charge in [0, 0.05) is 24.6 Å². The monoisotopic (exact) mass is 461 g/mol. The number of carboxylic acid groups (broad SMARTS) is 1. The number of hydrogen-bond donors (Lipinski definition) is 1. The third kappa shape index (κ3) is 4.27. The van der Waals surface area contributed by atoms with E-state index in [9.17, 15) is 14.7 Å². The zero-order valence-corrected chi connectivity index (χ0v) is 19.6. The normalized spacial score (nSPS) is 16.4. The smallest absolute Gasteiger partial charge is 0.409 e. The van der Waals surface area contributed by atoms with Gasteiger partial charge in [0.05, 0.1) is 30.3 Å². The number of amides is 1. The van der Waals surface area contributed by atoms with Crippen molar-refractivity contribution in [2.24, 2.45) is 0 Å².